The van der Waals surface area contributed by atoms with E-state index in [1.807, 2.05) is 0 Å². The van der Waals surface area contributed by atoms with Gasteiger partial charge in [0, 0.05) is 19.4 Å². The van der Waals surface area contributed by atoms with Gasteiger partial charge in [-0.25, -0.2) is 0 Å². The van der Waals surface area contributed by atoms with Gasteiger partial charge in [-0.05, 0) is 12.8 Å². The molecule has 0 aromatic rings. The number of ketones is 1. The first kappa shape index (κ1) is 7.04. The summed E-state index contributed by atoms with van der Waals surface area (Å²) in [6.45, 7) is 0. The highest BCUT2D eigenvalue weighted by molar-refractivity contribution is 5.95. The second-order valence-corrected chi connectivity index (χ2v) is 3.29. The normalized spacial score (nSPS) is 41.5. The first-order valence-electron chi connectivity index (χ1n) is 4.05. The summed E-state index contributed by atoms with van der Waals surface area (Å²) in [5.41, 5.74) is -0.408. The Morgan fingerprint density at radius 1 is 1.73 bits per heavy atom. The lowest BCUT2D eigenvalue weighted by atomic mass is 9.63. The van der Waals surface area contributed by atoms with E-state index in [0.29, 0.717) is 12.3 Å². The van der Waals surface area contributed by atoms with Crippen LogP contribution in [0, 0.1) is 5.92 Å². The molecule has 1 saturated carbocycles. The minimum atomic E-state index is -0.408. The number of allylic oxidation sites excluding steroid dienone is 1. The molecule has 60 valence electrons. The summed E-state index contributed by atoms with van der Waals surface area (Å²) in [7, 11) is 1.64. The average Bonchev–Trinajstić information content (AvgIpc) is 2.03. The van der Waals surface area contributed by atoms with Crippen molar-refractivity contribution in [2.75, 3.05) is 7.11 Å². The molecule has 2 nitrogen and oxygen atoms in total. The van der Waals surface area contributed by atoms with Crippen molar-refractivity contribution in [3.63, 3.8) is 0 Å². The minimum Gasteiger partial charge on any atom is -0.370 e. The van der Waals surface area contributed by atoms with E-state index in [1.165, 1.54) is 0 Å². The third kappa shape index (κ3) is 0.732. The molecule has 0 spiro atoms. The Morgan fingerprint density at radius 2 is 2.55 bits per heavy atom. The molecule has 0 saturated heterocycles. The third-order valence-electron chi connectivity index (χ3n) is 2.89. The maximum Gasteiger partial charge on any atom is 0.165 e. The molecule has 2 aliphatic carbocycles. The number of hydrogen-bond acceptors (Lipinski definition) is 2. The zero-order valence-corrected chi connectivity index (χ0v) is 6.67. The predicted octanol–water partition coefficient (Wildman–Crippen LogP) is 1.31. The molecular weight excluding hydrogens is 140 g/mol. The predicted molar refractivity (Wildman–Crippen MR) is 41.2 cm³/mol. The fraction of sp³-hybridized carbons (Fsp3) is 0.667. The lowest BCUT2D eigenvalue weighted by molar-refractivity contribution is -0.166. The highest BCUT2D eigenvalue weighted by Gasteiger charge is 2.54. The number of ether oxygens (including phenoxy) is 1. The largest absolute Gasteiger partial charge is 0.370 e. The van der Waals surface area contributed by atoms with E-state index in [9.17, 15) is 4.79 Å². The molecule has 0 bridgehead atoms. The lowest BCUT2D eigenvalue weighted by Crippen LogP contribution is -2.58. The van der Waals surface area contributed by atoms with Crippen LogP contribution in [0.25, 0.3) is 0 Å². The third-order valence-corrected chi connectivity index (χ3v) is 2.89. The van der Waals surface area contributed by atoms with Crippen molar-refractivity contribution in [1.29, 1.82) is 0 Å². The Morgan fingerprint density at radius 3 is 3.00 bits per heavy atom. The van der Waals surface area contributed by atoms with Crippen LogP contribution in [0.5, 0.6) is 0 Å². The van der Waals surface area contributed by atoms with Crippen LogP contribution in [0.1, 0.15) is 19.3 Å². The van der Waals surface area contributed by atoms with E-state index >= 15 is 0 Å². The summed E-state index contributed by atoms with van der Waals surface area (Å²) in [4.78, 5) is 11.3. The Bertz CT molecular complexity index is 220. The van der Waals surface area contributed by atoms with Gasteiger partial charge >= 0.3 is 0 Å². The van der Waals surface area contributed by atoms with Gasteiger partial charge in [-0.3, -0.25) is 4.79 Å². The van der Waals surface area contributed by atoms with Crippen LogP contribution in [0.2, 0.25) is 0 Å². The molecule has 2 aliphatic rings. The first-order valence-corrected chi connectivity index (χ1v) is 4.05. The first-order chi connectivity index (χ1) is 5.29. The van der Waals surface area contributed by atoms with Crippen LogP contribution in [0.15, 0.2) is 12.2 Å². The van der Waals surface area contributed by atoms with E-state index in [4.69, 9.17) is 4.74 Å². The Balaban J connectivity index is 2.26. The molecule has 0 heterocycles. The zero-order chi connectivity index (χ0) is 7.90. The van der Waals surface area contributed by atoms with Crippen molar-refractivity contribution in [2.45, 2.75) is 24.9 Å². The van der Waals surface area contributed by atoms with Crippen LogP contribution >= 0.6 is 0 Å². The van der Waals surface area contributed by atoms with Crippen molar-refractivity contribution in [3.8, 4) is 0 Å². The van der Waals surface area contributed by atoms with E-state index in [2.05, 4.69) is 12.2 Å². The Kier molecular flexibility index (Phi) is 1.39. The number of methoxy groups -OCH3 is 1. The highest BCUT2D eigenvalue weighted by Crippen LogP contribution is 2.44. The maximum atomic E-state index is 11.3. The number of fused-ring (bicyclic) bond motifs is 1. The summed E-state index contributed by atoms with van der Waals surface area (Å²) < 4.78 is 5.29. The number of carbonyl (C=O) groups is 1. The second-order valence-electron chi connectivity index (χ2n) is 3.29. The molecule has 2 rings (SSSR count). The number of hydrogen-bond donors (Lipinski definition) is 0. The fourth-order valence-corrected chi connectivity index (χ4v) is 2.09. The van der Waals surface area contributed by atoms with Crippen LogP contribution in [0.3, 0.4) is 0 Å². The SMILES string of the molecule is CO[C@]12CCC=C[C@H]1CC2=O. The fourth-order valence-electron chi connectivity index (χ4n) is 2.09. The Hall–Kier alpha value is -0.630. The van der Waals surface area contributed by atoms with Crippen LogP contribution < -0.4 is 0 Å². The quantitative estimate of drug-likeness (QED) is 0.529. The standard InChI is InChI=1S/C9H12O2/c1-11-9-5-3-2-4-7(9)6-8(9)10/h2,4,7H,3,5-6H2,1H3/t7-,9+/m0/s1. The van der Waals surface area contributed by atoms with Crippen molar-refractivity contribution in [2.24, 2.45) is 5.92 Å². The Labute approximate surface area is 66.2 Å². The molecule has 2 heteroatoms. The van der Waals surface area contributed by atoms with Gasteiger partial charge in [0.25, 0.3) is 0 Å². The number of rotatable bonds is 1. The van der Waals surface area contributed by atoms with Gasteiger partial charge in [-0.15, -0.1) is 0 Å². The maximum absolute atomic E-state index is 11.3. The van der Waals surface area contributed by atoms with Gasteiger partial charge in [0.15, 0.2) is 5.78 Å². The number of Topliss-reactive ketones (excluding diaryl/α,β-unsaturated/α-hetero) is 1. The zero-order valence-electron chi connectivity index (χ0n) is 6.67. The van der Waals surface area contributed by atoms with Crippen molar-refractivity contribution < 1.29 is 9.53 Å². The van der Waals surface area contributed by atoms with Crippen LogP contribution in [-0.2, 0) is 9.53 Å². The summed E-state index contributed by atoms with van der Waals surface area (Å²) in [6.07, 6.45) is 6.81. The van der Waals surface area contributed by atoms with Crippen LogP contribution in [0.4, 0.5) is 0 Å². The van der Waals surface area contributed by atoms with Crippen molar-refractivity contribution in [3.05, 3.63) is 12.2 Å². The summed E-state index contributed by atoms with van der Waals surface area (Å²) in [6, 6.07) is 0. The van der Waals surface area contributed by atoms with Gasteiger partial charge in [0.05, 0.1) is 0 Å². The summed E-state index contributed by atoms with van der Waals surface area (Å²) in [5.74, 6) is 0.656. The molecule has 0 aromatic heterocycles. The van der Waals surface area contributed by atoms with Crippen LogP contribution in [-0.4, -0.2) is 18.5 Å². The molecule has 0 unspecified atom stereocenters. The summed E-state index contributed by atoms with van der Waals surface area (Å²) in [5, 5.41) is 0. The summed E-state index contributed by atoms with van der Waals surface area (Å²) >= 11 is 0. The second kappa shape index (κ2) is 2.18. The molecule has 0 N–H and O–H groups in total. The van der Waals surface area contributed by atoms with Gasteiger partial charge in [-0.1, -0.05) is 12.2 Å². The molecule has 0 amide bonds. The topological polar surface area (TPSA) is 26.3 Å². The smallest absolute Gasteiger partial charge is 0.165 e. The van der Waals surface area contributed by atoms with Crippen molar-refractivity contribution in [1.82, 2.24) is 0 Å². The monoisotopic (exact) mass is 152 g/mol. The van der Waals surface area contributed by atoms with E-state index in [0.717, 1.165) is 12.8 Å². The van der Waals surface area contributed by atoms with E-state index in [-0.39, 0.29) is 5.78 Å². The van der Waals surface area contributed by atoms with Gasteiger partial charge in [0.2, 0.25) is 0 Å². The lowest BCUT2D eigenvalue weighted by Gasteiger charge is -2.47. The number of carbonyl (C=O) groups excluding carboxylic acids is 1. The average molecular weight is 152 g/mol. The van der Waals surface area contributed by atoms with E-state index in [1.54, 1.807) is 7.11 Å². The highest BCUT2D eigenvalue weighted by atomic mass is 16.5. The van der Waals surface area contributed by atoms with Gasteiger partial charge < -0.3 is 4.74 Å². The van der Waals surface area contributed by atoms with Gasteiger partial charge in [0.1, 0.15) is 5.60 Å². The molecule has 11 heavy (non-hydrogen) atoms. The van der Waals surface area contributed by atoms with Gasteiger partial charge in [-0.2, -0.15) is 0 Å². The minimum absolute atomic E-state index is 0.286. The molecule has 0 radical (unpaired) electrons. The molecule has 2 atom stereocenters. The molecular formula is C9H12O2. The molecule has 0 aromatic carbocycles. The molecule has 0 aliphatic heterocycles. The molecule has 1 fully saturated rings. The van der Waals surface area contributed by atoms with E-state index < -0.39 is 5.60 Å². The van der Waals surface area contributed by atoms with Crippen molar-refractivity contribution >= 4 is 5.78 Å².